The molecule has 0 aromatic rings. The average Bonchev–Trinajstić information content (AvgIpc) is 3.29. The number of hydrogen-bond donors (Lipinski definition) is 6. The van der Waals surface area contributed by atoms with E-state index in [0.717, 1.165) is 70.6 Å². The summed E-state index contributed by atoms with van der Waals surface area (Å²) >= 11 is 0. The van der Waals surface area contributed by atoms with Crippen molar-refractivity contribution in [2.75, 3.05) is 13.2 Å². The lowest BCUT2D eigenvalue weighted by atomic mass is 9.99. The van der Waals surface area contributed by atoms with Crippen LogP contribution in [0.5, 0.6) is 0 Å². The third-order valence-electron chi connectivity index (χ3n) is 12.6. The monoisotopic (exact) mass is 904 g/mol. The first-order valence-corrected chi connectivity index (χ1v) is 26.9. The van der Waals surface area contributed by atoms with Gasteiger partial charge in [0.25, 0.3) is 0 Å². The fraction of sp³-hybridized carbons (Fsp3) is 0.836. The zero-order valence-corrected chi connectivity index (χ0v) is 41.3. The Morgan fingerprint density at radius 3 is 1.38 bits per heavy atom. The van der Waals surface area contributed by atoms with Gasteiger partial charge in [0.2, 0.25) is 5.91 Å². The summed E-state index contributed by atoms with van der Waals surface area (Å²) in [6.45, 7) is 3.69. The van der Waals surface area contributed by atoms with Crippen molar-refractivity contribution in [1.29, 1.82) is 0 Å². The van der Waals surface area contributed by atoms with Crippen LogP contribution in [0.4, 0.5) is 0 Å². The lowest BCUT2D eigenvalue weighted by Gasteiger charge is -2.40. The molecule has 0 aliphatic carbocycles. The Morgan fingerprint density at radius 1 is 0.516 bits per heavy atom. The molecule has 1 rings (SSSR count). The molecule has 0 bridgehead atoms. The second-order valence-electron chi connectivity index (χ2n) is 18.6. The second-order valence-corrected chi connectivity index (χ2v) is 18.6. The maximum atomic E-state index is 12.9. The van der Waals surface area contributed by atoms with Gasteiger partial charge in [-0.3, -0.25) is 4.79 Å². The van der Waals surface area contributed by atoms with Crippen LogP contribution in [-0.4, -0.2) is 87.5 Å². The highest BCUT2D eigenvalue weighted by Gasteiger charge is 2.44. The van der Waals surface area contributed by atoms with Crippen LogP contribution in [0, 0.1) is 0 Å². The van der Waals surface area contributed by atoms with Crippen LogP contribution in [0.15, 0.2) is 48.6 Å². The standard InChI is InChI=1S/C55H101NO8/c1-3-5-7-9-11-13-15-16-17-18-19-20-21-22-23-24-25-26-27-28-29-30-31-32-33-34-35-36-38-40-42-44-49(58)48(47-63-55-54(62)53(61)52(60)50(46-57)64-55)56-51(59)45-43-41-39-37-14-12-10-8-6-4-2/h8,10,31-32,35-36,42,44,48-50,52-55,57-58,60-62H,3-7,9,11-30,33-34,37-41,43,45-47H2,1-2H3,(H,56,59)/b10-8-,32-31+,36-35+,44-42+. The van der Waals surface area contributed by atoms with Gasteiger partial charge in [-0.25, -0.2) is 0 Å². The molecule has 0 radical (unpaired) electrons. The first kappa shape index (κ1) is 60.2. The number of hydrogen-bond acceptors (Lipinski definition) is 8. The van der Waals surface area contributed by atoms with Gasteiger partial charge in [0.15, 0.2) is 6.29 Å². The summed E-state index contributed by atoms with van der Waals surface area (Å²) < 4.78 is 11.2. The van der Waals surface area contributed by atoms with E-state index in [1.54, 1.807) is 6.08 Å². The first-order valence-electron chi connectivity index (χ1n) is 26.9. The summed E-state index contributed by atoms with van der Waals surface area (Å²) in [7, 11) is 0. The first-order chi connectivity index (χ1) is 31.3. The van der Waals surface area contributed by atoms with E-state index in [2.05, 4.69) is 55.6 Å². The number of nitrogens with one attached hydrogen (secondary N) is 1. The largest absolute Gasteiger partial charge is 0.394 e. The molecule has 1 saturated heterocycles. The molecule has 0 spiro atoms. The summed E-state index contributed by atoms with van der Waals surface area (Å²) in [5.74, 6) is -0.203. The van der Waals surface area contributed by atoms with Gasteiger partial charge in [0.05, 0.1) is 25.4 Å². The predicted molar refractivity (Wildman–Crippen MR) is 267 cm³/mol. The number of ether oxygens (including phenoxy) is 2. The molecule has 1 aliphatic heterocycles. The van der Waals surface area contributed by atoms with Crippen LogP contribution < -0.4 is 5.32 Å². The number of rotatable bonds is 45. The van der Waals surface area contributed by atoms with Gasteiger partial charge in [-0.15, -0.1) is 0 Å². The highest BCUT2D eigenvalue weighted by molar-refractivity contribution is 5.76. The van der Waals surface area contributed by atoms with Crippen molar-refractivity contribution in [3.05, 3.63) is 48.6 Å². The maximum Gasteiger partial charge on any atom is 0.220 e. The number of carbonyl (C=O) groups excluding carboxylic acids is 1. The lowest BCUT2D eigenvalue weighted by Crippen LogP contribution is -2.60. The van der Waals surface area contributed by atoms with E-state index in [0.29, 0.717) is 6.42 Å². The summed E-state index contributed by atoms with van der Waals surface area (Å²) in [4.78, 5) is 12.9. The van der Waals surface area contributed by atoms with E-state index >= 15 is 0 Å². The van der Waals surface area contributed by atoms with Crippen molar-refractivity contribution in [2.45, 2.75) is 281 Å². The molecule has 9 heteroatoms. The number of aliphatic hydroxyl groups excluding tert-OH is 5. The van der Waals surface area contributed by atoms with Crippen molar-refractivity contribution in [1.82, 2.24) is 5.32 Å². The second kappa shape index (κ2) is 45.0. The van der Waals surface area contributed by atoms with Gasteiger partial charge in [0, 0.05) is 6.42 Å². The molecule has 374 valence electrons. The van der Waals surface area contributed by atoms with Crippen molar-refractivity contribution >= 4 is 5.91 Å². The number of allylic oxidation sites excluding steroid dienone is 7. The number of unbranched alkanes of at least 4 members (excludes halogenated alkanes) is 29. The van der Waals surface area contributed by atoms with E-state index in [9.17, 15) is 30.3 Å². The molecule has 6 N–H and O–H groups in total. The molecule has 0 aromatic heterocycles. The third kappa shape index (κ3) is 34.5. The van der Waals surface area contributed by atoms with Gasteiger partial charge in [-0.1, -0.05) is 217 Å². The average molecular weight is 904 g/mol. The normalized spacial score (nSPS) is 20.4. The molecule has 0 saturated carbocycles. The Bertz CT molecular complexity index is 1140. The van der Waals surface area contributed by atoms with Gasteiger partial charge in [0.1, 0.15) is 24.4 Å². The van der Waals surface area contributed by atoms with E-state index in [4.69, 9.17) is 9.47 Å². The Balaban J connectivity index is 2.19. The molecule has 1 amide bonds. The van der Waals surface area contributed by atoms with Crippen LogP contribution in [0.1, 0.15) is 239 Å². The maximum absolute atomic E-state index is 12.9. The van der Waals surface area contributed by atoms with E-state index < -0.39 is 49.5 Å². The zero-order valence-electron chi connectivity index (χ0n) is 41.3. The Kier molecular flexibility index (Phi) is 42.3. The molecule has 7 atom stereocenters. The fourth-order valence-electron chi connectivity index (χ4n) is 8.31. The molecule has 1 fully saturated rings. The van der Waals surface area contributed by atoms with Crippen molar-refractivity contribution in [2.24, 2.45) is 0 Å². The topological polar surface area (TPSA) is 149 Å². The summed E-state index contributed by atoms with van der Waals surface area (Å²) in [6.07, 6.45) is 52.1. The molecule has 1 heterocycles. The lowest BCUT2D eigenvalue weighted by molar-refractivity contribution is -0.302. The van der Waals surface area contributed by atoms with Crippen LogP contribution in [0.2, 0.25) is 0 Å². The zero-order chi connectivity index (χ0) is 46.6. The summed E-state index contributed by atoms with van der Waals surface area (Å²) in [5, 5.41) is 54.2. The van der Waals surface area contributed by atoms with Gasteiger partial charge < -0.3 is 40.3 Å². The Morgan fingerprint density at radius 2 is 0.922 bits per heavy atom. The van der Waals surface area contributed by atoms with Crippen molar-refractivity contribution in [3.8, 4) is 0 Å². The van der Waals surface area contributed by atoms with Gasteiger partial charge in [-0.2, -0.15) is 0 Å². The van der Waals surface area contributed by atoms with Crippen LogP contribution >= 0.6 is 0 Å². The molecule has 0 aromatic carbocycles. The minimum absolute atomic E-state index is 0.203. The van der Waals surface area contributed by atoms with E-state index in [1.807, 2.05) is 6.08 Å². The van der Waals surface area contributed by atoms with Gasteiger partial charge >= 0.3 is 0 Å². The molecular formula is C55H101NO8. The molecule has 1 aliphatic rings. The third-order valence-corrected chi connectivity index (χ3v) is 12.6. The minimum Gasteiger partial charge on any atom is -0.394 e. The van der Waals surface area contributed by atoms with Gasteiger partial charge in [-0.05, 0) is 64.2 Å². The molecular weight excluding hydrogens is 803 g/mol. The minimum atomic E-state index is -1.58. The van der Waals surface area contributed by atoms with Crippen molar-refractivity contribution < 1.29 is 39.8 Å². The van der Waals surface area contributed by atoms with Crippen LogP contribution in [0.3, 0.4) is 0 Å². The van der Waals surface area contributed by atoms with Crippen LogP contribution in [-0.2, 0) is 14.3 Å². The molecule has 64 heavy (non-hydrogen) atoms. The highest BCUT2D eigenvalue weighted by atomic mass is 16.7. The predicted octanol–water partition coefficient (Wildman–Crippen LogP) is 12.6. The number of amides is 1. The van der Waals surface area contributed by atoms with Crippen LogP contribution in [0.25, 0.3) is 0 Å². The Labute approximate surface area is 393 Å². The number of carbonyl (C=O) groups is 1. The van der Waals surface area contributed by atoms with E-state index in [-0.39, 0.29) is 12.5 Å². The molecule has 9 nitrogen and oxygen atoms in total. The molecule has 7 unspecified atom stereocenters. The highest BCUT2D eigenvalue weighted by Crippen LogP contribution is 2.23. The Hall–Kier alpha value is -1.85. The summed E-state index contributed by atoms with van der Waals surface area (Å²) in [6, 6.07) is -0.832. The van der Waals surface area contributed by atoms with E-state index in [1.165, 1.54) is 148 Å². The smallest absolute Gasteiger partial charge is 0.220 e. The SMILES string of the molecule is CCC/C=C\CCCCCCCC(=O)NC(COC1OC(CO)C(O)C(O)C1O)C(O)/C=C/CC/C=C/CC/C=C/CCCCCCCCCCCCCCCCCCCCCCC. The van der Waals surface area contributed by atoms with Crippen molar-refractivity contribution in [3.63, 3.8) is 0 Å². The summed E-state index contributed by atoms with van der Waals surface area (Å²) in [5.41, 5.74) is 0. The number of aliphatic hydroxyl groups is 5. The fourth-order valence-corrected chi connectivity index (χ4v) is 8.31. The quantitative estimate of drug-likeness (QED) is 0.0261.